The van der Waals surface area contributed by atoms with Crippen molar-refractivity contribution in [3.05, 3.63) is 57.0 Å². The fourth-order valence-corrected chi connectivity index (χ4v) is 4.41. The minimum atomic E-state index is -1.06. The van der Waals surface area contributed by atoms with Crippen LogP contribution >= 0.6 is 34.8 Å². The van der Waals surface area contributed by atoms with Crippen molar-refractivity contribution in [3.63, 3.8) is 0 Å². The van der Waals surface area contributed by atoms with Crippen LogP contribution in [0.2, 0.25) is 15.1 Å². The number of imide groups is 1. The second-order valence-electron chi connectivity index (χ2n) is 6.77. The van der Waals surface area contributed by atoms with E-state index in [4.69, 9.17) is 34.8 Å². The summed E-state index contributed by atoms with van der Waals surface area (Å²) >= 11 is 18.8. The summed E-state index contributed by atoms with van der Waals surface area (Å²) in [5.74, 6) is -2.52. The number of Topliss-reactive ketones (excluding diaryl/α,β-unsaturated/α-hetero) is 1. The molecule has 0 aromatic heterocycles. The van der Waals surface area contributed by atoms with Gasteiger partial charge >= 0.3 is 0 Å². The van der Waals surface area contributed by atoms with E-state index in [1.165, 1.54) is 11.9 Å². The molecular weight excluding hydrogens is 437 g/mol. The fraction of sp³-hybridized carbons (Fsp3) is 0.200. The van der Waals surface area contributed by atoms with Crippen LogP contribution in [0.1, 0.15) is 12.5 Å². The van der Waals surface area contributed by atoms with Crippen LogP contribution in [0, 0.1) is 12.8 Å². The molecule has 2 aromatic carbocycles. The number of carbonyl (C=O) groups excluding carboxylic acids is 3. The van der Waals surface area contributed by atoms with Crippen molar-refractivity contribution >= 4 is 69.5 Å². The molecule has 0 aliphatic carbocycles. The number of nitrogens with zero attached hydrogens (tertiary/aromatic N) is 3. The molecule has 2 aliphatic rings. The van der Waals surface area contributed by atoms with Gasteiger partial charge in [0.15, 0.2) is 5.78 Å². The molecule has 2 aliphatic heterocycles. The van der Waals surface area contributed by atoms with E-state index in [-0.39, 0.29) is 21.4 Å². The van der Waals surface area contributed by atoms with Gasteiger partial charge in [0.05, 0.1) is 21.4 Å². The molecule has 0 saturated carbocycles. The molecule has 6 nitrogen and oxygen atoms in total. The number of fused-ring (bicyclic) bond motifs is 1. The Balaban J connectivity index is 1.88. The molecule has 29 heavy (non-hydrogen) atoms. The highest BCUT2D eigenvalue weighted by atomic mass is 35.5. The van der Waals surface area contributed by atoms with Gasteiger partial charge in [0.2, 0.25) is 5.91 Å². The maximum Gasteiger partial charge on any atom is 0.259 e. The number of ketones is 1. The Morgan fingerprint density at radius 2 is 1.55 bits per heavy atom. The van der Waals surface area contributed by atoms with Crippen molar-refractivity contribution in [2.24, 2.45) is 11.0 Å². The molecular formula is C20H14Cl3N3O3. The first-order valence-corrected chi connectivity index (χ1v) is 9.83. The third kappa shape index (κ3) is 2.94. The molecule has 2 aromatic rings. The van der Waals surface area contributed by atoms with E-state index < -0.39 is 29.6 Å². The van der Waals surface area contributed by atoms with E-state index >= 15 is 0 Å². The number of benzene rings is 2. The summed E-state index contributed by atoms with van der Waals surface area (Å²) in [6.07, 6.45) is 0. The Morgan fingerprint density at radius 3 is 2.17 bits per heavy atom. The standard InChI is InChI=1S/C20H14Cl3N3O3/c1-9-11(21)5-4-8-14(9)25-19(28)15-16(10(2)27)24-26(18(15)20(25)29)17-12(22)6-3-7-13(17)23/h3-8,15,18H,1-2H3/t15-,18+/m1/s1. The third-order valence-electron chi connectivity index (χ3n) is 5.06. The van der Waals surface area contributed by atoms with E-state index in [2.05, 4.69) is 5.10 Å². The molecule has 0 spiro atoms. The van der Waals surface area contributed by atoms with Crippen LogP contribution in [0.15, 0.2) is 41.5 Å². The smallest absolute Gasteiger partial charge is 0.259 e. The van der Waals surface area contributed by atoms with E-state index in [0.717, 1.165) is 4.90 Å². The molecule has 2 amide bonds. The Hall–Kier alpha value is -2.41. The fourth-order valence-electron chi connectivity index (χ4n) is 3.67. The topological polar surface area (TPSA) is 70.1 Å². The molecule has 9 heteroatoms. The predicted molar refractivity (Wildman–Crippen MR) is 113 cm³/mol. The monoisotopic (exact) mass is 449 g/mol. The number of carbonyl (C=O) groups is 3. The molecule has 1 fully saturated rings. The zero-order valence-electron chi connectivity index (χ0n) is 15.3. The van der Waals surface area contributed by atoms with Crippen LogP contribution in [0.5, 0.6) is 0 Å². The molecule has 0 unspecified atom stereocenters. The average molecular weight is 451 g/mol. The number of para-hydroxylation sites is 1. The van der Waals surface area contributed by atoms with Gasteiger partial charge in [0.25, 0.3) is 5.91 Å². The van der Waals surface area contributed by atoms with Crippen LogP contribution in [0.4, 0.5) is 11.4 Å². The second-order valence-corrected chi connectivity index (χ2v) is 8.00. The van der Waals surface area contributed by atoms with Crippen molar-refractivity contribution in [2.75, 3.05) is 9.91 Å². The maximum atomic E-state index is 13.4. The molecule has 1 saturated heterocycles. The Kier molecular flexibility index (Phi) is 4.89. The van der Waals surface area contributed by atoms with Crippen LogP contribution in [-0.4, -0.2) is 29.4 Å². The van der Waals surface area contributed by atoms with Gasteiger partial charge in [-0.1, -0.05) is 46.9 Å². The first-order valence-electron chi connectivity index (χ1n) is 8.69. The Bertz CT molecular complexity index is 1100. The summed E-state index contributed by atoms with van der Waals surface area (Å²) in [6.45, 7) is 3.02. The number of hydrogen-bond donors (Lipinski definition) is 0. The van der Waals surface area contributed by atoms with Crippen LogP contribution in [0.25, 0.3) is 0 Å². The summed E-state index contributed by atoms with van der Waals surface area (Å²) in [7, 11) is 0. The predicted octanol–water partition coefficient (Wildman–Crippen LogP) is 4.28. The molecule has 0 N–H and O–H groups in total. The highest BCUT2D eigenvalue weighted by Gasteiger charge is 2.58. The van der Waals surface area contributed by atoms with Crippen LogP contribution < -0.4 is 9.91 Å². The van der Waals surface area contributed by atoms with Gasteiger partial charge in [-0.2, -0.15) is 5.10 Å². The molecule has 2 heterocycles. The van der Waals surface area contributed by atoms with E-state index in [0.29, 0.717) is 16.3 Å². The Morgan fingerprint density at radius 1 is 0.966 bits per heavy atom. The summed E-state index contributed by atoms with van der Waals surface area (Å²) in [6, 6.07) is 8.75. The Labute approximate surface area is 181 Å². The highest BCUT2D eigenvalue weighted by Crippen LogP contribution is 2.43. The van der Waals surface area contributed by atoms with Crippen molar-refractivity contribution in [1.29, 1.82) is 0 Å². The lowest BCUT2D eigenvalue weighted by atomic mass is 9.95. The number of anilines is 2. The lowest BCUT2D eigenvalue weighted by molar-refractivity contribution is -0.122. The summed E-state index contributed by atoms with van der Waals surface area (Å²) in [5, 5.41) is 6.48. The van der Waals surface area contributed by atoms with Crippen molar-refractivity contribution in [1.82, 2.24) is 0 Å². The first kappa shape index (κ1) is 19.9. The van der Waals surface area contributed by atoms with Gasteiger partial charge in [-0.05, 0) is 36.8 Å². The van der Waals surface area contributed by atoms with Gasteiger partial charge < -0.3 is 0 Å². The summed E-state index contributed by atoms with van der Waals surface area (Å²) in [5.41, 5.74) is 1.22. The largest absolute Gasteiger partial charge is 0.293 e. The van der Waals surface area contributed by atoms with Crippen LogP contribution in [0.3, 0.4) is 0 Å². The quantitative estimate of drug-likeness (QED) is 0.655. The number of amides is 2. The van der Waals surface area contributed by atoms with Gasteiger partial charge in [0.1, 0.15) is 17.7 Å². The second kappa shape index (κ2) is 7.13. The summed E-state index contributed by atoms with van der Waals surface area (Å²) in [4.78, 5) is 39.9. The molecule has 2 atom stereocenters. The molecule has 4 rings (SSSR count). The van der Waals surface area contributed by atoms with Gasteiger partial charge in [-0.3, -0.25) is 14.4 Å². The van der Waals surface area contributed by atoms with E-state index in [1.54, 1.807) is 43.3 Å². The maximum absolute atomic E-state index is 13.4. The zero-order valence-corrected chi connectivity index (χ0v) is 17.6. The number of hydrogen-bond acceptors (Lipinski definition) is 5. The normalized spacial score (nSPS) is 20.9. The average Bonchev–Trinajstić information content (AvgIpc) is 3.16. The molecule has 148 valence electrons. The van der Waals surface area contributed by atoms with Crippen molar-refractivity contribution in [3.8, 4) is 0 Å². The van der Waals surface area contributed by atoms with Crippen molar-refractivity contribution in [2.45, 2.75) is 19.9 Å². The number of halogens is 3. The number of hydrazone groups is 1. The minimum absolute atomic E-state index is 0.00785. The van der Waals surface area contributed by atoms with Crippen molar-refractivity contribution < 1.29 is 14.4 Å². The zero-order chi connectivity index (χ0) is 21.0. The summed E-state index contributed by atoms with van der Waals surface area (Å²) < 4.78 is 0. The third-order valence-corrected chi connectivity index (χ3v) is 6.08. The SMILES string of the molecule is CC(=O)C1=NN(c2c(Cl)cccc2Cl)[C@@H]2C(=O)N(c3cccc(Cl)c3C)C(=O)[C@H]12. The molecule has 0 bridgehead atoms. The van der Waals surface area contributed by atoms with Gasteiger partial charge in [0, 0.05) is 11.9 Å². The highest BCUT2D eigenvalue weighted by molar-refractivity contribution is 6.49. The van der Waals surface area contributed by atoms with Crippen LogP contribution in [-0.2, 0) is 14.4 Å². The van der Waals surface area contributed by atoms with Gasteiger partial charge in [-0.15, -0.1) is 0 Å². The van der Waals surface area contributed by atoms with E-state index in [9.17, 15) is 14.4 Å². The van der Waals surface area contributed by atoms with E-state index in [1.807, 2.05) is 0 Å². The van der Waals surface area contributed by atoms with Gasteiger partial charge in [-0.25, -0.2) is 9.91 Å². The lowest BCUT2D eigenvalue weighted by Crippen LogP contribution is -2.39. The number of rotatable bonds is 3. The lowest BCUT2D eigenvalue weighted by Gasteiger charge is -2.24. The minimum Gasteiger partial charge on any atom is -0.293 e. The molecule has 0 radical (unpaired) electrons. The first-order chi connectivity index (χ1) is 13.7.